The van der Waals surface area contributed by atoms with E-state index in [9.17, 15) is 4.79 Å². The maximum Gasteiger partial charge on any atom is 0.222 e. The molecule has 0 bridgehead atoms. The minimum atomic E-state index is 0.199. The Morgan fingerprint density at radius 2 is 2.53 bits per heavy atom. The number of hydrogen-bond donors (Lipinski definition) is 1. The van der Waals surface area contributed by atoms with Crippen molar-refractivity contribution in [3.8, 4) is 0 Å². The zero-order valence-electron chi connectivity index (χ0n) is 8.56. The summed E-state index contributed by atoms with van der Waals surface area (Å²) in [5.41, 5.74) is 5.54. The predicted octanol–water partition coefficient (Wildman–Crippen LogP) is 0.0243. The number of amides is 1. The highest BCUT2D eigenvalue weighted by Crippen LogP contribution is 2.16. The fraction of sp³-hybridized carbons (Fsp3) is 0.600. The molecule has 5 nitrogen and oxygen atoms in total. The largest absolute Gasteiger partial charge is 0.448 e. The van der Waals surface area contributed by atoms with Gasteiger partial charge in [-0.15, -0.1) is 0 Å². The number of likely N-dealkylation sites (tertiary alicyclic amines) is 1. The number of hydrogen-bond acceptors (Lipinski definition) is 4. The summed E-state index contributed by atoms with van der Waals surface area (Å²) in [7, 11) is 0. The van der Waals surface area contributed by atoms with Crippen molar-refractivity contribution in [2.75, 3.05) is 19.6 Å². The fourth-order valence-corrected chi connectivity index (χ4v) is 1.84. The van der Waals surface area contributed by atoms with E-state index in [1.807, 2.05) is 4.90 Å². The number of oxazole rings is 1. The Balaban J connectivity index is 1.83. The van der Waals surface area contributed by atoms with Gasteiger partial charge in [0, 0.05) is 25.9 Å². The molecule has 0 aromatic carbocycles. The van der Waals surface area contributed by atoms with E-state index < -0.39 is 0 Å². The number of aromatic nitrogens is 1. The van der Waals surface area contributed by atoms with E-state index in [2.05, 4.69) is 4.98 Å². The van der Waals surface area contributed by atoms with Crippen molar-refractivity contribution in [3.63, 3.8) is 0 Å². The molecule has 0 aliphatic carbocycles. The molecule has 2 heterocycles. The molecule has 1 aromatic rings. The van der Waals surface area contributed by atoms with Crippen LogP contribution in [0.1, 0.15) is 12.2 Å². The number of nitrogens with two attached hydrogens (primary N) is 1. The Bertz CT molecular complexity index is 323. The monoisotopic (exact) mass is 209 g/mol. The van der Waals surface area contributed by atoms with Gasteiger partial charge in [-0.25, -0.2) is 4.98 Å². The van der Waals surface area contributed by atoms with Crippen molar-refractivity contribution in [2.24, 2.45) is 11.7 Å². The molecule has 0 radical (unpaired) electrons. The van der Waals surface area contributed by atoms with Crippen LogP contribution in [0.25, 0.3) is 0 Å². The molecule has 82 valence electrons. The van der Waals surface area contributed by atoms with Crippen LogP contribution < -0.4 is 5.73 Å². The summed E-state index contributed by atoms with van der Waals surface area (Å²) in [6.45, 7) is 2.07. The highest BCUT2D eigenvalue weighted by molar-refractivity contribution is 5.78. The number of carbonyl (C=O) groups is 1. The van der Waals surface area contributed by atoms with Crippen LogP contribution in [0.4, 0.5) is 0 Å². The molecule has 1 aromatic heterocycles. The molecule has 15 heavy (non-hydrogen) atoms. The molecule has 1 unspecified atom stereocenters. The van der Waals surface area contributed by atoms with Crippen LogP contribution in [0.2, 0.25) is 0 Å². The standard InChI is InChI=1S/C10H15N3O2/c11-4-8-3-10(14)13(6-8)2-1-9-5-12-7-15-9/h5,7-8H,1-4,6,11H2. The smallest absolute Gasteiger partial charge is 0.222 e. The van der Waals surface area contributed by atoms with E-state index >= 15 is 0 Å². The fourth-order valence-electron chi connectivity index (χ4n) is 1.84. The van der Waals surface area contributed by atoms with Crippen LogP contribution in [0, 0.1) is 5.92 Å². The third kappa shape index (κ3) is 2.36. The lowest BCUT2D eigenvalue weighted by molar-refractivity contribution is -0.127. The maximum atomic E-state index is 11.5. The molecular weight excluding hydrogens is 194 g/mol. The van der Waals surface area contributed by atoms with Gasteiger partial charge in [-0.05, 0) is 12.5 Å². The van der Waals surface area contributed by atoms with Crippen molar-refractivity contribution in [1.82, 2.24) is 9.88 Å². The lowest BCUT2D eigenvalue weighted by Gasteiger charge is -2.14. The molecule has 0 saturated carbocycles. The summed E-state index contributed by atoms with van der Waals surface area (Å²) >= 11 is 0. The van der Waals surface area contributed by atoms with E-state index in [1.165, 1.54) is 6.39 Å². The second kappa shape index (κ2) is 4.44. The Morgan fingerprint density at radius 3 is 3.13 bits per heavy atom. The zero-order valence-corrected chi connectivity index (χ0v) is 8.56. The summed E-state index contributed by atoms with van der Waals surface area (Å²) in [6, 6.07) is 0. The van der Waals surface area contributed by atoms with Crippen LogP contribution in [-0.2, 0) is 11.2 Å². The second-order valence-electron chi connectivity index (χ2n) is 3.86. The molecular formula is C10H15N3O2. The van der Waals surface area contributed by atoms with Crippen molar-refractivity contribution in [1.29, 1.82) is 0 Å². The predicted molar refractivity (Wildman–Crippen MR) is 53.9 cm³/mol. The molecule has 1 aliphatic heterocycles. The third-order valence-corrected chi connectivity index (χ3v) is 2.74. The Morgan fingerprint density at radius 1 is 1.67 bits per heavy atom. The topological polar surface area (TPSA) is 72.4 Å². The molecule has 1 amide bonds. The molecule has 1 atom stereocenters. The molecule has 0 spiro atoms. The number of carbonyl (C=O) groups excluding carboxylic acids is 1. The van der Waals surface area contributed by atoms with E-state index in [4.69, 9.17) is 10.2 Å². The first-order valence-corrected chi connectivity index (χ1v) is 5.15. The number of nitrogens with zero attached hydrogens (tertiary/aromatic N) is 2. The SMILES string of the molecule is NCC1CC(=O)N(CCc2cnco2)C1. The van der Waals surface area contributed by atoms with Gasteiger partial charge in [0.2, 0.25) is 5.91 Å². The Labute approximate surface area is 88.3 Å². The van der Waals surface area contributed by atoms with Crippen molar-refractivity contribution in [2.45, 2.75) is 12.8 Å². The van der Waals surface area contributed by atoms with Gasteiger partial charge in [0.05, 0.1) is 6.20 Å². The van der Waals surface area contributed by atoms with E-state index in [0.29, 0.717) is 25.4 Å². The summed E-state index contributed by atoms with van der Waals surface area (Å²) in [5.74, 6) is 1.34. The second-order valence-corrected chi connectivity index (χ2v) is 3.86. The zero-order chi connectivity index (χ0) is 10.7. The lowest BCUT2D eigenvalue weighted by atomic mass is 10.1. The molecule has 5 heteroatoms. The van der Waals surface area contributed by atoms with Gasteiger partial charge in [0.15, 0.2) is 6.39 Å². The minimum absolute atomic E-state index is 0.199. The first kappa shape index (κ1) is 10.2. The highest BCUT2D eigenvalue weighted by Gasteiger charge is 2.28. The molecule has 2 N–H and O–H groups in total. The molecule has 1 fully saturated rings. The van der Waals surface area contributed by atoms with Crippen molar-refractivity contribution in [3.05, 3.63) is 18.4 Å². The molecule has 2 rings (SSSR count). The van der Waals surface area contributed by atoms with Crippen LogP contribution in [0.5, 0.6) is 0 Å². The summed E-state index contributed by atoms with van der Waals surface area (Å²) in [4.78, 5) is 17.2. The molecule has 1 saturated heterocycles. The maximum absolute atomic E-state index is 11.5. The van der Waals surface area contributed by atoms with Crippen molar-refractivity contribution < 1.29 is 9.21 Å². The van der Waals surface area contributed by atoms with Crippen LogP contribution in [-0.4, -0.2) is 35.4 Å². The van der Waals surface area contributed by atoms with Gasteiger partial charge in [-0.3, -0.25) is 4.79 Å². The van der Waals surface area contributed by atoms with E-state index in [1.54, 1.807) is 6.20 Å². The van der Waals surface area contributed by atoms with Crippen LogP contribution in [0.15, 0.2) is 17.0 Å². The van der Waals surface area contributed by atoms with Gasteiger partial charge in [-0.1, -0.05) is 0 Å². The van der Waals surface area contributed by atoms with E-state index in [0.717, 1.165) is 18.7 Å². The summed E-state index contributed by atoms with van der Waals surface area (Å²) < 4.78 is 5.11. The van der Waals surface area contributed by atoms with Crippen LogP contribution in [0.3, 0.4) is 0 Å². The van der Waals surface area contributed by atoms with Crippen LogP contribution >= 0.6 is 0 Å². The summed E-state index contributed by atoms with van der Waals surface area (Å²) in [5, 5.41) is 0. The minimum Gasteiger partial charge on any atom is -0.448 e. The van der Waals surface area contributed by atoms with Gasteiger partial charge in [0.25, 0.3) is 0 Å². The highest BCUT2D eigenvalue weighted by atomic mass is 16.3. The first-order valence-electron chi connectivity index (χ1n) is 5.15. The normalized spacial score (nSPS) is 21.3. The van der Waals surface area contributed by atoms with Gasteiger partial charge >= 0.3 is 0 Å². The average molecular weight is 209 g/mol. The van der Waals surface area contributed by atoms with Gasteiger partial charge < -0.3 is 15.1 Å². The lowest BCUT2D eigenvalue weighted by Crippen LogP contribution is -2.28. The Kier molecular flexibility index (Phi) is 3.01. The Hall–Kier alpha value is -1.36. The third-order valence-electron chi connectivity index (χ3n) is 2.74. The quantitative estimate of drug-likeness (QED) is 0.759. The first-order chi connectivity index (χ1) is 7.29. The van der Waals surface area contributed by atoms with E-state index in [-0.39, 0.29) is 5.91 Å². The summed E-state index contributed by atoms with van der Waals surface area (Å²) in [6.07, 6.45) is 4.40. The van der Waals surface area contributed by atoms with Gasteiger partial charge in [-0.2, -0.15) is 0 Å². The number of rotatable bonds is 4. The van der Waals surface area contributed by atoms with Gasteiger partial charge in [0.1, 0.15) is 5.76 Å². The average Bonchev–Trinajstić information content (AvgIpc) is 2.84. The molecule has 1 aliphatic rings. The van der Waals surface area contributed by atoms with Crippen molar-refractivity contribution >= 4 is 5.91 Å².